The third kappa shape index (κ3) is 3.06. The first-order chi connectivity index (χ1) is 9.61. The quantitative estimate of drug-likeness (QED) is 0.895. The van der Waals surface area contributed by atoms with Crippen LogP contribution in [0.15, 0.2) is 42.7 Å². The van der Waals surface area contributed by atoms with Crippen molar-refractivity contribution >= 4 is 5.91 Å². The fourth-order valence-corrected chi connectivity index (χ4v) is 1.83. The summed E-state index contributed by atoms with van der Waals surface area (Å²) in [7, 11) is 1.44. The molecule has 5 nitrogen and oxygen atoms in total. The summed E-state index contributed by atoms with van der Waals surface area (Å²) in [6.45, 7) is 1.89. The summed E-state index contributed by atoms with van der Waals surface area (Å²) in [5.74, 6) is 0.0491. The van der Waals surface area contributed by atoms with Crippen LogP contribution in [0.4, 0.5) is 0 Å². The van der Waals surface area contributed by atoms with Crippen LogP contribution in [0.25, 0.3) is 0 Å². The second-order valence-electron chi connectivity index (χ2n) is 4.36. The summed E-state index contributed by atoms with van der Waals surface area (Å²) in [6.07, 6.45) is 3.36. The van der Waals surface area contributed by atoms with Crippen LogP contribution >= 0.6 is 0 Å². The second-order valence-corrected chi connectivity index (χ2v) is 4.36. The zero-order valence-electron chi connectivity index (χ0n) is 11.3. The van der Waals surface area contributed by atoms with Crippen LogP contribution in [0.2, 0.25) is 0 Å². The lowest BCUT2D eigenvalue weighted by Gasteiger charge is -2.14. The van der Waals surface area contributed by atoms with E-state index in [0.29, 0.717) is 5.56 Å². The van der Waals surface area contributed by atoms with Gasteiger partial charge in [0.15, 0.2) is 11.5 Å². The Hall–Kier alpha value is -2.56. The van der Waals surface area contributed by atoms with Crippen LogP contribution in [0, 0.1) is 0 Å². The number of nitrogens with zero attached hydrogens (tertiary/aromatic N) is 1. The molecule has 0 saturated carbocycles. The molecule has 2 rings (SSSR count). The molecule has 5 heteroatoms. The lowest BCUT2D eigenvalue weighted by atomic mass is 10.1. The molecule has 0 aliphatic rings. The molecule has 1 heterocycles. The summed E-state index contributed by atoms with van der Waals surface area (Å²) >= 11 is 0. The SMILES string of the molecule is COc1cc(C(=O)NC(C)c2ccncc2)ccc1O. The largest absolute Gasteiger partial charge is 0.504 e. The standard InChI is InChI=1S/C15H16N2O3/c1-10(11-5-7-16-8-6-11)17-15(19)12-3-4-13(18)14(9-12)20-2/h3-10,18H,1-2H3,(H,17,19). The Morgan fingerprint density at radius 1 is 1.30 bits per heavy atom. The summed E-state index contributed by atoms with van der Waals surface area (Å²) in [4.78, 5) is 16.1. The van der Waals surface area contributed by atoms with E-state index in [1.54, 1.807) is 18.5 Å². The highest BCUT2D eigenvalue weighted by Crippen LogP contribution is 2.26. The van der Waals surface area contributed by atoms with Gasteiger partial charge in [-0.1, -0.05) is 0 Å². The van der Waals surface area contributed by atoms with Gasteiger partial charge in [0, 0.05) is 18.0 Å². The molecule has 0 aliphatic carbocycles. The van der Waals surface area contributed by atoms with Crippen molar-refractivity contribution in [1.29, 1.82) is 0 Å². The zero-order valence-corrected chi connectivity index (χ0v) is 11.3. The van der Waals surface area contributed by atoms with E-state index >= 15 is 0 Å². The number of methoxy groups -OCH3 is 1. The first-order valence-corrected chi connectivity index (χ1v) is 6.19. The van der Waals surface area contributed by atoms with Gasteiger partial charge >= 0.3 is 0 Å². The molecule has 1 unspecified atom stereocenters. The molecule has 1 amide bonds. The van der Waals surface area contributed by atoms with E-state index in [1.165, 1.54) is 19.2 Å². The smallest absolute Gasteiger partial charge is 0.251 e. The molecule has 0 radical (unpaired) electrons. The van der Waals surface area contributed by atoms with Crippen LogP contribution in [0.3, 0.4) is 0 Å². The molecule has 1 atom stereocenters. The van der Waals surface area contributed by atoms with Crippen LogP contribution in [-0.2, 0) is 0 Å². The molecule has 1 aromatic carbocycles. The van der Waals surface area contributed by atoms with Crippen LogP contribution < -0.4 is 10.1 Å². The molecule has 104 valence electrons. The number of ether oxygens (including phenoxy) is 1. The number of aromatic nitrogens is 1. The maximum Gasteiger partial charge on any atom is 0.251 e. The molecule has 0 fully saturated rings. The summed E-state index contributed by atoms with van der Waals surface area (Å²) in [5.41, 5.74) is 1.40. The van der Waals surface area contributed by atoms with Gasteiger partial charge in [-0.3, -0.25) is 9.78 Å². The molecule has 0 saturated heterocycles. The molecule has 1 aromatic heterocycles. The van der Waals surface area contributed by atoms with Crippen molar-refractivity contribution in [1.82, 2.24) is 10.3 Å². The van der Waals surface area contributed by atoms with Crippen molar-refractivity contribution in [2.75, 3.05) is 7.11 Å². The zero-order chi connectivity index (χ0) is 14.5. The lowest BCUT2D eigenvalue weighted by Crippen LogP contribution is -2.26. The van der Waals surface area contributed by atoms with Gasteiger partial charge in [0.1, 0.15) is 0 Å². The Labute approximate surface area is 117 Å². The number of rotatable bonds is 4. The normalized spacial score (nSPS) is 11.7. The van der Waals surface area contributed by atoms with Crippen molar-refractivity contribution in [3.63, 3.8) is 0 Å². The van der Waals surface area contributed by atoms with Gasteiger partial charge < -0.3 is 15.2 Å². The first kappa shape index (κ1) is 13.9. The summed E-state index contributed by atoms with van der Waals surface area (Å²) < 4.78 is 4.99. The van der Waals surface area contributed by atoms with Crippen LogP contribution in [0.5, 0.6) is 11.5 Å². The maximum absolute atomic E-state index is 12.1. The number of nitrogens with one attached hydrogen (secondary N) is 1. The van der Waals surface area contributed by atoms with E-state index < -0.39 is 0 Å². The third-order valence-corrected chi connectivity index (χ3v) is 3.00. The highest BCUT2D eigenvalue weighted by molar-refractivity contribution is 5.95. The number of carbonyl (C=O) groups is 1. The molecule has 0 bridgehead atoms. The van der Waals surface area contributed by atoms with E-state index in [0.717, 1.165) is 5.56 Å². The molecule has 0 aliphatic heterocycles. The van der Waals surface area contributed by atoms with Crippen LogP contribution in [-0.4, -0.2) is 23.1 Å². The molecule has 2 N–H and O–H groups in total. The topological polar surface area (TPSA) is 71.5 Å². The number of aromatic hydroxyl groups is 1. The lowest BCUT2D eigenvalue weighted by molar-refractivity contribution is 0.0939. The van der Waals surface area contributed by atoms with Gasteiger partial charge in [0.25, 0.3) is 5.91 Å². The van der Waals surface area contributed by atoms with Crippen molar-refractivity contribution < 1.29 is 14.6 Å². The van der Waals surface area contributed by atoms with E-state index in [-0.39, 0.29) is 23.4 Å². The van der Waals surface area contributed by atoms with Crippen molar-refractivity contribution in [2.24, 2.45) is 0 Å². The number of hydrogen-bond acceptors (Lipinski definition) is 4. The highest BCUT2D eigenvalue weighted by Gasteiger charge is 2.13. The van der Waals surface area contributed by atoms with Crippen molar-refractivity contribution in [3.8, 4) is 11.5 Å². The van der Waals surface area contributed by atoms with Crippen molar-refractivity contribution in [2.45, 2.75) is 13.0 Å². The van der Waals surface area contributed by atoms with Crippen molar-refractivity contribution in [3.05, 3.63) is 53.9 Å². The number of phenols is 1. The fourth-order valence-electron chi connectivity index (χ4n) is 1.83. The predicted octanol–water partition coefficient (Wildman–Crippen LogP) is 2.29. The van der Waals surface area contributed by atoms with Crippen LogP contribution in [0.1, 0.15) is 28.9 Å². The Morgan fingerprint density at radius 2 is 2.00 bits per heavy atom. The molecular weight excluding hydrogens is 256 g/mol. The molecule has 0 spiro atoms. The fraction of sp³-hybridized carbons (Fsp3) is 0.200. The second kappa shape index (κ2) is 6.06. The minimum absolute atomic E-state index is 0.00577. The highest BCUT2D eigenvalue weighted by atomic mass is 16.5. The Morgan fingerprint density at radius 3 is 2.65 bits per heavy atom. The van der Waals surface area contributed by atoms with Gasteiger partial charge in [-0.15, -0.1) is 0 Å². The predicted molar refractivity (Wildman–Crippen MR) is 74.8 cm³/mol. The monoisotopic (exact) mass is 272 g/mol. The van der Waals surface area contributed by atoms with E-state index in [2.05, 4.69) is 10.3 Å². The average Bonchev–Trinajstić information content (AvgIpc) is 2.48. The van der Waals surface area contributed by atoms with Gasteiger partial charge in [0.05, 0.1) is 13.2 Å². The molecule has 2 aromatic rings. The van der Waals surface area contributed by atoms with E-state index in [9.17, 15) is 9.90 Å². The number of benzene rings is 1. The van der Waals surface area contributed by atoms with Gasteiger partial charge in [-0.2, -0.15) is 0 Å². The number of hydrogen-bond donors (Lipinski definition) is 2. The molecule has 20 heavy (non-hydrogen) atoms. The summed E-state index contributed by atoms with van der Waals surface area (Å²) in [5, 5.41) is 12.4. The maximum atomic E-state index is 12.1. The Bertz CT molecular complexity index is 599. The number of carbonyl (C=O) groups excluding carboxylic acids is 1. The van der Waals surface area contributed by atoms with Gasteiger partial charge in [0.2, 0.25) is 0 Å². The van der Waals surface area contributed by atoms with Gasteiger partial charge in [-0.05, 0) is 42.8 Å². The minimum Gasteiger partial charge on any atom is -0.504 e. The van der Waals surface area contributed by atoms with Gasteiger partial charge in [-0.25, -0.2) is 0 Å². The number of phenolic OH excluding ortho intramolecular Hbond substituents is 1. The first-order valence-electron chi connectivity index (χ1n) is 6.19. The van der Waals surface area contributed by atoms with E-state index in [1.807, 2.05) is 19.1 Å². The Kier molecular flexibility index (Phi) is 4.20. The minimum atomic E-state index is -0.229. The van der Waals surface area contributed by atoms with E-state index in [4.69, 9.17) is 4.74 Å². The number of pyridine rings is 1. The molecular formula is C15H16N2O3. The third-order valence-electron chi connectivity index (χ3n) is 3.00. The summed E-state index contributed by atoms with van der Waals surface area (Å²) in [6, 6.07) is 8.05. The Balaban J connectivity index is 2.12. The average molecular weight is 272 g/mol. The number of amides is 1.